The number of nitrogens with one attached hydrogen (secondary N) is 1. The minimum atomic E-state index is -0.442. The van der Waals surface area contributed by atoms with Crippen LogP contribution in [0.25, 0.3) is 0 Å². The van der Waals surface area contributed by atoms with Gasteiger partial charge in [0.25, 0.3) is 0 Å². The number of hydrogen-bond donors (Lipinski definition) is 1. The van der Waals surface area contributed by atoms with Crippen LogP contribution in [0.3, 0.4) is 0 Å². The molecule has 0 radical (unpaired) electrons. The summed E-state index contributed by atoms with van der Waals surface area (Å²) >= 11 is 0. The highest BCUT2D eigenvalue weighted by Crippen LogP contribution is 2.35. The predicted molar refractivity (Wildman–Crippen MR) is 69.8 cm³/mol. The van der Waals surface area contributed by atoms with Crippen molar-refractivity contribution in [3.63, 3.8) is 0 Å². The zero-order chi connectivity index (χ0) is 13.1. The summed E-state index contributed by atoms with van der Waals surface area (Å²) in [6, 6.07) is 0.514. The lowest BCUT2D eigenvalue weighted by Crippen LogP contribution is -2.48. The fraction of sp³-hybridized carbons (Fsp3) is 0.929. The molecule has 0 bridgehead atoms. The van der Waals surface area contributed by atoms with Crippen molar-refractivity contribution in [3.8, 4) is 0 Å². The molecule has 1 aliphatic rings. The quantitative estimate of drug-likeness (QED) is 0.769. The Morgan fingerprint density at radius 1 is 1.41 bits per heavy atom. The first-order valence-electron chi connectivity index (χ1n) is 6.61. The molecule has 3 nitrogen and oxygen atoms in total. The van der Waals surface area contributed by atoms with Gasteiger partial charge in [0.2, 0.25) is 0 Å². The molecule has 1 aliphatic carbocycles. The minimum Gasteiger partial charge on any atom is -0.469 e. The van der Waals surface area contributed by atoms with Crippen LogP contribution in [-0.2, 0) is 9.53 Å². The second kappa shape index (κ2) is 5.38. The third-order valence-corrected chi connectivity index (χ3v) is 4.04. The SMILES string of the molecule is COC(=O)C(C)(C)CNC1CCCCC1(C)C. The molecular weight excluding hydrogens is 214 g/mol. The Hall–Kier alpha value is -0.570. The van der Waals surface area contributed by atoms with Crippen molar-refractivity contribution in [1.29, 1.82) is 0 Å². The lowest BCUT2D eigenvalue weighted by molar-refractivity contribution is -0.150. The van der Waals surface area contributed by atoms with Crippen LogP contribution in [0.1, 0.15) is 53.4 Å². The monoisotopic (exact) mass is 241 g/mol. The van der Waals surface area contributed by atoms with Crippen molar-refractivity contribution in [2.75, 3.05) is 13.7 Å². The van der Waals surface area contributed by atoms with E-state index in [9.17, 15) is 4.79 Å². The molecule has 1 rings (SSSR count). The van der Waals surface area contributed by atoms with Crippen molar-refractivity contribution in [1.82, 2.24) is 5.32 Å². The van der Waals surface area contributed by atoms with E-state index in [1.807, 2.05) is 13.8 Å². The summed E-state index contributed by atoms with van der Waals surface area (Å²) in [5.74, 6) is -0.140. The van der Waals surface area contributed by atoms with E-state index in [2.05, 4.69) is 19.2 Å². The van der Waals surface area contributed by atoms with Gasteiger partial charge in [-0.25, -0.2) is 0 Å². The molecule has 1 atom stereocenters. The van der Waals surface area contributed by atoms with Crippen molar-refractivity contribution in [3.05, 3.63) is 0 Å². The lowest BCUT2D eigenvalue weighted by atomic mass is 9.73. The van der Waals surface area contributed by atoms with Gasteiger partial charge in [0, 0.05) is 12.6 Å². The van der Waals surface area contributed by atoms with Crippen LogP contribution in [0.15, 0.2) is 0 Å². The zero-order valence-electron chi connectivity index (χ0n) is 11.9. The number of methoxy groups -OCH3 is 1. The van der Waals surface area contributed by atoms with E-state index in [1.165, 1.54) is 32.8 Å². The van der Waals surface area contributed by atoms with Crippen molar-refractivity contribution in [2.24, 2.45) is 10.8 Å². The first-order valence-corrected chi connectivity index (χ1v) is 6.61. The fourth-order valence-electron chi connectivity index (χ4n) is 2.60. The van der Waals surface area contributed by atoms with Crippen molar-refractivity contribution < 1.29 is 9.53 Å². The summed E-state index contributed by atoms with van der Waals surface area (Å²) in [7, 11) is 1.45. The molecule has 0 heterocycles. The van der Waals surface area contributed by atoms with Gasteiger partial charge in [-0.15, -0.1) is 0 Å². The third kappa shape index (κ3) is 3.70. The molecule has 0 saturated heterocycles. The van der Waals surface area contributed by atoms with Crippen LogP contribution in [0.5, 0.6) is 0 Å². The Bertz CT molecular complexity index is 271. The molecule has 17 heavy (non-hydrogen) atoms. The summed E-state index contributed by atoms with van der Waals surface area (Å²) in [5, 5.41) is 3.57. The molecule has 1 unspecified atom stereocenters. The standard InChI is InChI=1S/C14H27NO2/c1-13(2)9-7-6-8-11(13)15-10-14(3,4)12(16)17-5/h11,15H,6-10H2,1-5H3. The van der Waals surface area contributed by atoms with Crippen molar-refractivity contribution >= 4 is 5.97 Å². The van der Waals surface area contributed by atoms with E-state index < -0.39 is 5.41 Å². The van der Waals surface area contributed by atoms with E-state index >= 15 is 0 Å². The summed E-state index contributed by atoms with van der Waals surface area (Å²) in [6.07, 6.45) is 5.10. The summed E-state index contributed by atoms with van der Waals surface area (Å²) < 4.78 is 4.83. The minimum absolute atomic E-state index is 0.140. The van der Waals surface area contributed by atoms with Gasteiger partial charge in [-0.3, -0.25) is 4.79 Å². The van der Waals surface area contributed by atoms with Gasteiger partial charge in [-0.2, -0.15) is 0 Å². The van der Waals surface area contributed by atoms with Crippen molar-refractivity contribution in [2.45, 2.75) is 59.4 Å². The van der Waals surface area contributed by atoms with Gasteiger partial charge >= 0.3 is 5.97 Å². The Morgan fingerprint density at radius 2 is 2.06 bits per heavy atom. The van der Waals surface area contributed by atoms with E-state index in [0.29, 0.717) is 18.0 Å². The van der Waals surface area contributed by atoms with E-state index in [0.717, 1.165) is 0 Å². The molecule has 0 amide bonds. The highest BCUT2D eigenvalue weighted by Gasteiger charge is 2.35. The number of hydrogen-bond acceptors (Lipinski definition) is 3. The van der Waals surface area contributed by atoms with E-state index in [4.69, 9.17) is 4.74 Å². The number of ether oxygens (including phenoxy) is 1. The largest absolute Gasteiger partial charge is 0.469 e. The molecule has 0 aromatic heterocycles. The van der Waals surface area contributed by atoms with Crippen LogP contribution in [0, 0.1) is 10.8 Å². The molecule has 0 aliphatic heterocycles. The van der Waals surface area contributed by atoms with E-state index in [-0.39, 0.29) is 5.97 Å². The fourth-order valence-corrected chi connectivity index (χ4v) is 2.60. The maximum Gasteiger partial charge on any atom is 0.312 e. The average molecular weight is 241 g/mol. The van der Waals surface area contributed by atoms with Crippen LogP contribution in [0.2, 0.25) is 0 Å². The molecule has 100 valence electrons. The summed E-state index contributed by atoms with van der Waals surface area (Å²) in [5.41, 5.74) is -0.104. The second-order valence-corrected chi connectivity index (χ2v) is 6.54. The first-order chi connectivity index (χ1) is 7.79. The van der Waals surface area contributed by atoms with Crippen LogP contribution in [0.4, 0.5) is 0 Å². The molecule has 1 N–H and O–H groups in total. The number of carbonyl (C=O) groups is 1. The molecule has 0 spiro atoms. The Kier molecular flexibility index (Phi) is 4.59. The van der Waals surface area contributed by atoms with Gasteiger partial charge in [0.05, 0.1) is 12.5 Å². The van der Waals surface area contributed by atoms with E-state index in [1.54, 1.807) is 0 Å². The molecule has 1 fully saturated rings. The van der Waals surface area contributed by atoms with Crippen LogP contribution < -0.4 is 5.32 Å². The van der Waals surface area contributed by atoms with Gasteiger partial charge in [0.15, 0.2) is 0 Å². The smallest absolute Gasteiger partial charge is 0.312 e. The highest BCUT2D eigenvalue weighted by atomic mass is 16.5. The van der Waals surface area contributed by atoms with Gasteiger partial charge < -0.3 is 10.1 Å². The Morgan fingerprint density at radius 3 is 2.59 bits per heavy atom. The highest BCUT2D eigenvalue weighted by molar-refractivity contribution is 5.76. The maximum absolute atomic E-state index is 11.6. The van der Waals surface area contributed by atoms with Crippen LogP contribution in [-0.4, -0.2) is 25.7 Å². The number of rotatable bonds is 4. The number of carbonyl (C=O) groups excluding carboxylic acids is 1. The van der Waals surface area contributed by atoms with Gasteiger partial charge in [-0.05, 0) is 32.1 Å². The third-order valence-electron chi connectivity index (χ3n) is 4.04. The zero-order valence-corrected chi connectivity index (χ0v) is 11.9. The molecule has 0 aromatic rings. The van der Waals surface area contributed by atoms with Crippen LogP contribution >= 0.6 is 0 Å². The maximum atomic E-state index is 11.6. The Balaban J connectivity index is 2.52. The number of esters is 1. The van der Waals surface area contributed by atoms with Gasteiger partial charge in [-0.1, -0.05) is 26.7 Å². The first kappa shape index (κ1) is 14.5. The normalized spacial score (nSPS) is 24.4. The molecule has 3 heteroatoms. The topological polar surface area (TPSA) is 38.3 Å². The molecular formula is C14H27NO2. The predicted octanol–water partition coefficient (Wildman–Crippen LogP) is 2.74. The summed E-state index contributed by atoms with van der Waals surface area (Å²) in [4.78, 5) is 11.6. The lowest BCUT2D eigenvalue weighted by Gasteiger charge is -2.40. The summed E-state index contributed by atoms with van der Waals surface area (Å²) in [6.45, 7) is 9.18. The molecule has 0 aromatic carbocycles. The van der Waals surface area contributed by atoms with Gasteiger partial charge in [0.1, 0.15) is 0 Å². The Labute approximate surface area is 105 Å². The average Bonchev–Trinajstić information content (AvgIpc) is 2.25. The second-order valence-electron chi connectivity index (χ2n) is 6.54. The molecule has 1 saturated carbocycles.